The summed E-state index contributed by atoms with van der Waals surface area (Å²) in [6, 6.07) is 0.478. The van der Waals surface area contributed by atoms with Crippen LogP contribution in [0.4, 0.5) is 4.79 Å². The smallest absolute Gasteiger partial charge is 0.317 e. The van der Waals surface area contributed by atoms with Gasteiger partial charge in [0.05, 0.1) is 13.2 Å². The van der Waals surface area contributed by atoms with Gasteiger partial charge in [0, 0.05) is 30.3 Å². The molecule has 3 aliphatic rings. The molecule has 2 atom stereocenters. The van der Waals surface area contributed by atoms with Crippen LogP contribution in [-0.4, -0.2) is 60.6 Å². The molecule has 2 aliphatic heterocycles. The number of hydrogen-bond donors (Lipinski definition) is 1. The van der Waals surface area contributed by atoms with Crippen LogP contribution in [0, 0.1) is 5.92 Å². The summed E-state index contributed by atoms with van der Waals surface area (Å²) in [5, 5.41) is 3.90. The number of carbonyl (C=O) groups is 1. The lowest BCUT2D eigenvalue weighted by Crippen LogP contribution is -2.52. The van der Waals surface area contributed by atoms with E-state index in [-0.39, 0.29) is 12.3 Å². The number of carbonyl (C=O) groups excluding carboxylic acids is 1. The number of nitrogens with one attached hydrogen (secondary N) is 1. The van der Waals surface area contributed by atoms with E-state index in [2.05, 4.69) is 12.2 Å². The lowest BCUT2D eigenvalue weighted by atomic mass is 9.94. The number of hydrogen-bond acceptors (Lipinski definition) is 4. The zero-order valence-electron chi connectivity index (χ0n) is 14.2. The first kappa shape index (κ1) is 17.4. The van der Waals surface area contributed by atoms with Crippen LogP contribution in [0.15, 0.2) is 0 Å². The quantitative estimate of drug-likeness (QED) is 0.853. The highest BCUT2D eigenvalue weighted by Gasteiger charge is 2.33. The third-order valence-corrected chi connectivity index (χ3v) is 6.58. The third kappa shape index (κ3) is 4.54. The van der Waals surface area contributed by atoms with Gasteiger partial charge in [-0.15, -0.1) is 0 Å². The Bertz CT molecular complexity index is 380. The fourth-order valence-corrected chi connectivity index (χ4v) is 5.15. The maximum atomic E-state index is 12.6. The molecule has 0 spiro atoms. The largest absolute Gasteiger partial charge is 0.350 e. The average Bonchev–Trinajstić information content (AvgIpc) is 3.11. The molecule has 0 aromatic carbocycles. The third-order valence-electron chi connectivity index (χ3n) is 5.25. The van der Waals surface area contributed by atoms with E-state index in [0.29, 0.717) is 30.4 Å². The highest BCUT2D eigenvalue weighted by atomic mass is 32.2. The minimum Gasteiger partial charge on any atom is -0.350 e. The number of rotatable bonds is 4. The molecule has 0 radical (unpaired) electrons. The number of amides is 2. The molecule has 0 aromatic heterocycles. The Kier molecular flexibility index (Phi) is 6.48. The first-order valence-corrected chi connectivity index (χ1v) is 10.2. The van der Waals surface area contributed by atoms with E-state index < -0.39 is 0 Å². The van der Waals surface area contributed by atoms with Gasteiger partial charge in [0.15, 0.2) is 6.29 Å². The molecule has 0 bridgehead atoms. The van der Waals surface area contributed by atoms with E-state index in [0.717, 1.165) is 38.1 Å². The normalized spacial score (nSPS) is 30.6. The van der Waals surface area contributed by atoms with Crippen molar-refractivity contribution in [2.24, 2.45) is 5.92 Å². The molecule has 1 saturated carbocycles. The SMILES string of the molecule is CCS[C@H]1CCCC[C@@H]1NC(=O)N1CCC(C2OCCO2)CC1. The fraction of sp³-hybridized carbons (Fsp3) is 0.941. The Morgan fingerprint density at radius 3 is 2.52 bits per heavy atom. The van der Waals surface area contributed by atoms with E-state index >= 15 is 0 Å². The summed E-state index contributed by atoms with van der Waals surface area (Å²) in [6.45, 7) is 5.26. The van der Waals surface area contributed by atoms with Crippen molar-refractivity contribution in [2.45, 2.75) is 63.0 Å². The van der Waals surface area contributed by atoms with Crippen LogP contribution in [0.1, 0.15) is 45.4 Å². The predicted octanol–water partition coefficient (Wildman–Crippen LogP) is 2.85. The lowest BCUT2D eigenvalue weighted by Gasteiger charge is -2.37. The minimum absolute atomic E-state index is 0.0381. The second kappa shape index (κ2) is 8.58. The first-order chi connectivity index (χ1) is 11.3. The molecule has 1 aliphatic carbocycles. The minimum atomic E-state index is -0.0381. The van der Waals surface area contributed by atoms with Gasteiger partial charge in [0.25, 0.3) is 0 Å². The molecule has 3 rings (SSSR count). The van der Waals surface area contributed by atoms with E-state index in [4.69, 9.17) is 9.47 Å². The van der Waals surface area contributed by atoms with Gasteiger partial charge in [-0.1, -0.05) is 19.8 Å². The van der Waals surface area contributed by atoms with Crippen molar-refractivity contribution >= 4 is 17.8 Å². The average molecular weight is 343 g/mol. The maximum absolute atomic E-state index is 12.6. The number of piperidine rings is 1. The van der Waals surface area contributed by atoms with Crippen LogP contribution in [0.25, 0.3) is 0 Å². The number of likely N-dealkylation sites (tertiary alicyclic amines) is 1. The molecule has 6 heteroatoms. The van der Waals surface area contributed by atoms with Gasteiger partial charge in [-0.25, -0.2) is 4.79 Å². The van der Waals surface area contributed by atoms with Gasteiger partial charge < -0.3 is 19.7 Å². The Labute approximate surface area is 143 Å². The van der Waals surface area contributed by atoms with Gasteiger partial charge in [0.2, 0.25) is 0 Å². The first-order valence-electron chi connectivity index (χ1n) is 9.18. The predicted molar refractivity (Wildman–Crippen MR) is 92.7 cm³/mol. The van der Waals surface area contributed by atoms with Gasteiger partial charge in [-0.05, 0) is 31.4 Å². The monoisotopic (exact) mass is 342 g/mol. The summed E-state index contributed by atoms with van der Waals surface area (Å²) in [4.78, 5) is 14.6. The van der Waals surface area contributed by atoms with Crippen molar-refractivity contribution in [3.63, 3.8) is 0 Å². The fourth-order valence-electron chi connectivity index (χ4n) is 3.95. The van der Waals surface area contributed by atoms with E-state index in [1.165, 1.54) is 19.3 Å². The molecule has 3 fully saturated rings. The molecule has 23 heavy (non-hydrogen) atoms. The van der Waals surface area contributed by atoms with Crippen LogP contribution in [-0.2, 0) is 9.47 Å². The Hall–Kier alpha value is -0.460. The second-order valence-corrected chi connectivity index (χ2v) is 8.28. The molecule has 0 aromatic rings. The highest BCUT2D eigenvalue weighted by molar-refractivity contribution is 7.99. The summed E-state index contributed by atoms with van der Waals surface area (Å²) in [5.74, 6) is 1.57. The van der Waals surface area contributed by atoms with Crippen molar-refractivity contribution in [1.82, 2.24) is 10.2 Å². The van der Waals surface area contributed by atoms with Gasteiger partial charge >= 0.3 is 6.03 Å². The molecule has 2 heterocycles. The Morgan fingerprint density at radius 1 is 1.13 bits per heavy atom. The number of ether oxygens (including phenoxy) is 2. The van der Waals surface area contributed by atoms with Gasteiger partial charge in [0.1, 0.15) is 0 Å². The zero-order valence-corrected chi connectivity index (χ0v) is 15.0. The molecular formula is C17H30N2O3S. The molecule has 2 saturated heterocycles. The molecular weight excluding hydrogens is 312 g/mol. The number of nitrogens with zero attached hydrogens (tertiary/aromatic N) is 1. The van der Waals surface area contributed by atoms with Crippen molar-refractivity contribution < 1.29 is 14.3 Å². The zero-order chi connectivity index (χ0) is 16.1. The van der Waals surface area contributed by atoms with Crippen molar-refractivity contribution in [3.05, 3.63) is 0 Å². The topological polar surface area (TPSA) is 50.8 Å². The summed E-state index contributed by atoms with van der Waals surface area (Å²) in [6.07, 6.45) is 6.84. The van der Waals surface area contributed by atoms with Crippen LogP contribution in [0.5, 0.6) is 0 Å². The van der Waals surface area contributed by atoms with Crippen LogP contribution >= 0.6 is 11.8 Å². The van der Waals surface area contributed by atoms with Crippen LogP contribution in [0.2, 0.25) is 0 Å². The standard InChI is InChI=1S/C17H30N2O3S/c1-2-23-15-6-4-3-5-14(15)18-17(20)19-9-7-13(8-10-19)16-21-11-12-22-16/h13-16H,2-12H2,1H3,(H,18,20)/t14-,15-/m0/s1. The lowest BCUT2D eigenvalue weighted by molar-refractivity contribution is -0.0952. The van der Waals surface area contributed by atoms with E-state index in [1.54, 1.807) is 0 Å². The summed E-state index contributed by atoms with van der Waals surface area (Å²) in [7, 11) is 0. The second-order valence-electron chi connectivity index (χ2n) is 6.77. The molecule has 1 N–H and O–H groups in total. The summed E-state index contributed by atoms with van der Waals surface area (Å²) < 4.78 is 11.2. The molecule has 132 valence electrons. The summed E-state index contributed by atoms with van der Waals surface area (Å²) in [5.41, 5.74) is 0. The van der Waals surface area contributed by atoms with E-state index in [1.807, 2.05) is 16.7 Å². The maximum Gasteiger partial charge on any atom is 0.317 e. The molecule has 0 unspecified atom stereocenters. The number of urea groups is 1. The van der Waals surface area contributed by atoms with Crippen LogP contribution in [0.3, 0.4) is 0 Å². The van der Waals surface area contributed by atoms with E-state index in [9.17, 15) is 4.79 Å². The van der Waals surface area contributed by atoms with Crippen molar-refractivity contribution in [1.29, 1.82) is 0 Å². The highest BCUT2D eigenvalue weighted by Crippen LogP contribution is 2.29. The molecule has 2 amide bonds. The van der Waals surface area contributed by atoms with Crippen molar-refractivity contribution in [3.8, 4) is 0 Å². The molecule has 5 nitrogen and oxygen atoms in total. The summed E-state index contributed by atoms with van der Waals surface area (Å²) >= 11 is 2.00. The Balaban J connectivity index is 1.45. The van der Waals surface area contributed by atoms with Crippen molar-refractivity contribution in [2.75, 3.05) is 32.1 Å². The van der Waals surface area contributed by atoms with Gasteiger partial charge in [-0.2, -0.15) is 11.8 Å². The van der Waals surface area contributed by atoms with Gasteiger partial charge in [-0.3, -0.25) is 0 Å². The van der Waals surface area contributed by atoms with Crippen LogP contribution < -0.4 is 5.32 Å². The Morgan fingerprint density at radius 2 is 1.83 bits per heavy atom. The number of thioether (sulfide) groups is 1.